The summed E-state index contributed by atoms with van der Waals surface area (Å²) in [7, 11) is 2.19. The van der Waals surface area contributed by atoms with Crippen molar-refractivity contribution >= 4 is 32.6 Å². The van der Waals surface area contributed by atoms with Gasteiger partial charge in [-0.1, -0.05) is 96.1 Å². The Hall–Kier alpha value is -3.06. The molecule has 5 aromatic rings. The number of aromatic nitrogens is 1. The molecule has 0 fully saturated rings. The van der Waals surface area contributed by atoms with Gasteiger partial charge in [-0.3, -0.25) is 0 Å². The first kappa shape index (κ1) is 21.8. The minimum atomic E-state index is 0.0823. The molecule has 168 valence electrons. The van der Waals surface area contributed by atoms with Gasteiger partial charge in [-0.25, -0.2) is 0 Å². The van der Waals surface area contributed by atoms with E-state index in [4.69, 9.17) is 0 Å². The van der Waals surface area contributed by atoms with E-state index in [1.165, 1.54) is 49.3 Å². The maximum Gasteiger partial charge on any atom is 0.0488 e. The number of hydrogen-bond donors (Lipinski definition) is 0. The van der Waals surface area contributed by atoms with Crippen molar-refractivity contribution in [1.29, 1.82) is 0 Å². The first-order chi connectivity index (χ1) is 15.6. The molecule has 0 saturated heterocycles. The van der Waals surface area contributed by atoms with Crippen molar-refractivity contribution < 1.29 is 0 Å². The normalized spacial score (nSPS) is 13.8. The maximum atomic E-state index is 2.46. The lowest BCUT2D eigenvalue weighted by molar-refractivity contribution is 0.360. The molecule has 1 heterocycles. The number of hydrogen-bond acceptors (Lipinski definition) is 0. The second-order valence-corrected chi connectivity index (χ2v) is 11.7. The molecule has 0 N–H and O–H groups in total. The van der Waals surface area contributed by atoms with Gasteiger partial charge in [-0.15, -0.1) is 0 Å². The van der Waals surface area contributed by atoms with Crippen LogP contribution in [0.4, 0.5) is 0 Å². The van der Waals surface area contributed by atoms with Crippen molar-refractivity contribution in [2.24, 2.45) is 12.5 Å². The minimum absolute atomic E-state index is 0.0823. The summed E-state index contributed by atoms with van der Waals surface area (Å²) in [5.74, 6) is 0.300. The molecule has 33 heavy (non-hydrogen) atoms. The van der Waals surface area contributed by atoms with Crippen molar-refractivity contribution in [2.75, 3.05) is 0 Å². The number of rotatable bonds is 2. The van der Waals surface area contributed by atoms with Crippen LogP contribution in [0.5, 0.6) is 0 Å². The molecular formula is C32H35N. The van der Waals surface area contributed by atoms with E-state index in [-0.39, 0.29) is 10.8 Å². The van der Waals surface area contributed by atoms with E-state index in [9.17, 15) is 0 Å². The summed E-state index contributed by atoms with van der Waals surface area (Å²) in [5.41, 5.74) is 6.99. The van der Waals surface area contributed by atoms with Crippen LogP contribution < -0.4 is 0 Å². The van der Waals surface area contributed by atoms with Crippen molar-refractivity contribution in [1.82, 2.24) is 4.57 Å². The average molecular weight is 434 g/mol. The Morgan fingerprint density at radius 1 is 0.636 bits per heavy atom. The van der Waals surface area contributed by atoms with Crippen LogP contribution in [0.2, 0.25) is 0 Å². The summed E-state index contributed by atoms with van der Waals surface area (Å²) in [6.45, 7) is 14.0. The van der Waals surface area contributed by atoms with Crippen LogP contribution in [0.1, 0.15) is 64.2 Å². The first-order valence-corrected chi connectivity index (χ1v) is 12.1. The Balaban J connectivity index is 1.79. The predicted octanol–water partition coefficient (Wildman–Crippen LogP) is 8.96. The van der Waals surface area contributed by atoms with Gasteiger partial charge in [0.2, 0.25) is 0 Å². The lowest BCUT2D eigenvalue weighted by Gasteiger charge is -2.33. The minimum Gasteiger partial charge on any atom is -0.344 e. The maximum absolute atomic E-state index is 2.46. The molecule has 1 unspecified atom stereocenters. The monoisotopic (exact) mass is 433 g/mol. The van der Waals surface area contributed by atoms with Crippen molar-refractivity contribution in [3.63, 3.8) is 0 Å². The second kappa shape index (κ2) is 7.48. The van der Waals surface area contributed by atoms with Crippen molar-refractivity contribution in [3.8, 4) is 0 Å². The molecule has 4 aromatic carbocycles. The van der Waals surface area contributed by atoms with E-state index in [0.29, 0.717) is 5.92 Å². The SMILES string of the molecule is Cn1c2ccc(C(c3cccc4ccccc34)C(C)(C)C)cc2c2cc(C(C)(C)C)ccc21. The molecular weight excluding hydrogens is 398 g/mol. The Labute approximate surface area is 198 Å². The zero-order valence-electron chi connectivity index (χ0n) is 21.0. The van der Waals surface area contributed by atoms with Crippen LogP contribution in [0.25, 0.3) is 32.6 Å². The first-order valence-electron chi connectivity index (χ1n) is 12.1. The molecule has 0 aliphatic rings. The Bertz CT molecular complexity index is 1480. The number of fused-ring (bicyclic) bond motifs is 4. The third-order valence-corrected chi connectivity index (χ3v) is 7.23. The van der Waals surface area contributed by atoms with Gasteiger partial charge in [-0.05, 0) is 62.6 Å². The Kier molecular flexibility index (Phi) is 4.94. The highest BCUT2D eigenvalue weighted by atomic mass is 14.9. The summed E-state index contributed by atoms with van der Waals surface area (Å²) < 4.78 is 2.34. The van der Waals surface area contributed by atoms with Gasteiger partial charge in [0.05, 0.1) is 0 Å². The zero-order valence-corrected chi connectivity index (χ0v) is 21.0. The lowest BCUT2D eigenvalue weighted by atomic mass is 9.71. The van der Waals surface area contributed by atoms with Crippen LogP contribution in [-0.2, 0) is 12.5 Å². The van der Waals surface area contributed by atoms with Crippen LogP contribution in [0, 0.1) is 5.41 Å². The fourth-order valence-corrected chi connectivity index (χ4v) is 5.53. The van der Waals surface area contributed by atoms with E-state index in [1.807, 2.05) is 0 Å². The second-order valence-electron chi connectivity index (χ2n) is 11.7. The fraction of sp³-hybridized carbons (Fsp3) is 0.312. The average Bonchev–Trinajstić information content (AvgIpc) is 3.04. The number of aryl methyl sites for hydroxylation is 1. The molecule has 0 amide bonds. The van der Waals surface area contributed by atoms with Crippen LogP contribution in [0.3, 0.4) is 0 Å². The van der Waals surface area contributed by atoms with Gasteiger partial charge < -0.3 is 4.57 Å². The fourth-order valence-electron chi connectivity index (χ4n) is 5.53. The quantitative estimate of drug-likeness (QED) is 0.262. The Morgan fingerprint density at radius 2 is 1.27 bits per heavy atom. The van der Waals surface area contributed by atoms with Crippen molar-refractivity contribution in [2.45, 2.75) is 52.9 Å². The standard InChI is InChI=1S/C32H35N/c1-31(2,3)23-16-18-29-27(20-23)26-19-22(15-17-28(26)33(29)7)30(32(4,5)6)25-14-10-12-21-11-8-9-13-24(21)25/h8-20,30H,1-7H3. The topological polar surface area (TPSA) is 4.93 Å². The van der Waals surface area contributed by atoms with E-state index in [2.05, 4.69) is 132 Å². The van der Waals surface area contributed by atoms with Crippen LogP contribution in [-0.4, -0.2) is 4.57 Å². The highest BCUT2D eigenvalue weighted by Gasteiger charge is 2.30. The summed E-state index contributed by atoms with van der Waals surface area (Å²) in [6.07, 6.45) is 0. The third kappa shape index (κ3) is 3.64. The largest absolute Gasteiger partial charge is 0.344 e. The molecule has 0 bridgehead atoms. The molecule has 1 nitrogen and oxygen atoms in total. The molecule has 0 saturated carbocycles. The highest BCUT2D eigenvalue weighted by molar-refractivity contribution is 6.08. The molecule has 1 atom stereocenters. The van der Waals surface area contributed by atoms with Gasteiger partial charge in [0.25, 0.3) is 0 Å². The summed E-state index contributed by atoms with van der Waals surface area (Å²) in [4.78, 5) is 0. The molecule has 1 heteroatoms. The van der Waals surface area contributed by atoms with Crippen LogP contribution in [0.15, 0.2) is 78.9 Å². The molecule has 0 radical (unpaired) electrons. The van der Waals surface area contributed by atoms with Crippen LogP contribution >= 0.6 is 0 Å². The van der Waals surface area contributed by atoms with E-state index < -0.39 is 0 Å². The Morgan fingerprint density at radius 3 is 1.97 bits per heavy atom. The lowest BCUT2D eigenvalue weighted by Crippen LogP contribution is -2.20. The molecule has 0 aliphatic heterocycles. The van der Waals surface area contributed by atoms with Gasteiger partial charge >= 0.3 is 0 Å². The zero-order chi connectivity index (χ0) is 23.5. The molecule has 1 aromatic heterocycles. The van der Waals surface area contributed by atoms with Gasteiger partial charge in [0.1, 0.15) is 0 Å². The van der Waals surface area contributed by atoms with Gasteiger partial charge in [0.15, 0.2) is 0 Å². The smallest absolute Gasteiger partial charge is 0.0488 e. The van der Waals surface area contributed by atoms with E-state index in [0.717, 1.165) is 0 Å². The van der Waals surface area contributed by atoms with Gasteiger partial charge in [-0.2, -0.15) is 0 Å². The number of benzene rings is 4. The van der Waals surface area contributed by atoms with Gasteiger partial charge in [0, 0.05) is 34.8 Å². The highest BCUT2D eigenvalue weighted by Crippen LogP contribution is 2.44. The third-order valence-electron chi connectivity index (χ3n) is 7.23. The molecule has 0 aliphatic carbocycles. The van der Waals surface area contributed by atoms with Crippen molar-refractivity contribution in [3.05, 3.63) is 95.6 Å². The van der Waals surface area contributed by atoms with E-state index in [1.54, 1.807) is 0 Å². The summed E-state index contributed by atoms with van der Waals surface area (Å²) in [5, 5.41) is 5.37. The van der Waals surface area contributed by atoms with E-state index >= 15 is 0 Å². The summed E-state index contributed by atoms with van der Waals surface area (Å²) in [6, 6.07) is 29.7. The molecule has 0 spiro atoms. The predicted molar refractivity (Wildman–Crippen MR) is 144 cm³/mol. The summed E-state index contributed by atoms with van der Waals surface area (Å²) >= 11 is 0. The number of nitrogens with zero attached hydrogens (tertiary/aromatic N) is 1. The molecule has 5 rings (SSSR count).